The van der Waals surface area contributed by atoms with Gasteiger partial charge in [0, 0.05) is 59.7 Å². The Labute approximate surface area is 289 Å². The zero-order chi connectivity index (χ0) is 35.0. The number of alkyl halides is 5. The molecule has 0 radical (unpaired) electrons. The van der Waals surface area contributed by atoms with Crippen LogP contribution < -0.4 is 4.74 Å². The molecule has 1 aromatic carbocycles. The molecular formula is C37H51F5N2O4S. The molecule has 1 amide bonds. The molecule has 5 aliphatic rings. The highest BCUT2D eigenvalue weighted by molar-refractivity contribution is 7.84. The molecule has 2 saturated carbocycles. The van der Waals surface area contributed by atoms with Gasteiger partial charge in [0.15, 0.2) is 0 Å². The minimum Gasteiger partial charge on any atom is -0.410 e. The van der Waals surface area contributed by atoms with Gasteiger partial charge in [0.25, 0.3) is 0 Å². The number of ketones is 1. The van der Waals surface area contributed by atoms with Gasteiger partial charge in [-0.05, 0) is 131 Å². The van der Waals surface area contributed by atoms with Gasteiger partial charge in [-0.2, -0.15) is 22.0 Å². The van der Waals surface area contributed by atoms with E-state index in [0.717, 1.165) is 63.6 Å². The van der Waals surface area contributed by atoms with Crippen molar-refractivity contribution in [1.82, 2.24) is 9.80 Å². The highest BCUT2D eigenvalue weighted by Crippen LogP contribution is 2.61. The van der Waals surface area contributed by atoms with Gasteiger partial charge >= 0.3 is 18.2 Å². The maximum absolute atomic E-state index is 13.3. The lowest BCUT2D eigenvalue weighted by Crippen LogP contribution is -2.48. The highest BCUT2D eigenvalue weighted by atomic mass is 32.2. The molecule has 6 rings (SSSR count). The van der Waals surface area contributed by atoms with Gasteiger partial charge in [-0.25, -0.2) is 4.79 Å². The summed E-state index contributed by atoms with van der Waals surface area (Å²) in [6, 6.07) is 6.51. The summed E-state index contributed by atoms with van der Waals surface area (Å²) in [6.45, 7) is 5.77. The van der Waals surface area contributed by atoms with Crippen LogP contribution in [0, 0.1) is 23.2 Å². The van der Waals surface area contributed by atoms with Crippen molar-refractivity contribution in [1.29, 1.82) is 0 Å². The Balaban J connectivity index is 1.09. The lowest BCUT2D eigenvalue weighted by Gasteiger charge is -2.51. The minimum absolute atomic E-state index is 0.189. The smallest absolute Gasteiger partial charge is 0.410 e. The SMILES string of the molecule is C[C@]12CC[C@@H]3c4ccc(OC(=O)N5CCC(N6CCCCC6)CC5)cc4C[C@@H](CCCS(=O)CCCC(F)(F)C(F)(F)F)[C@H]3[C@@H]1CCC2=O. The number of Topliss-reactive ketones (excluding diaryl/α,β-unsaturated/α-hetero) is 1. The predicted molar refractivity (Wildman–Crippen MR) is 178 cm³/mol. The van der Waals surface area contributed by atoms with Crippen LogP contribution in [0.3, 0.4) is 0 Å². The van der Waals surface area contributed by atoms with Crippen molar-refractivity contribution < 1.29 is 40.5 Å². The van der Waals surface area contributed by atoms with Crippen molar-refractivity contribution in [2.45, 2.75) is 121 Å². The number of hydrogen-bond donors (Lipinski definition) is 0. The number of rotatable bonds is 10. The standard InChI is InChI=1S/C37H51F5N2O4S/c1-35-16-12-30-29-9-8-28(48-34(46)44-19-13-27(14-20-44)43-17-3-2-4-18-43)24-26(29)23-25(33(30)31(35)10-11-32(35)45)7-5-21-49(47)22-6-15-36(38,39)37(40,41)42/h8-9,24-25,27,30-31,33H,2-7,10-23H2,1H3/t25-,30-,31+,33-,35+,49?/m1/s1. The first-order valence-electron chi connectivity index (χ1n) is 18.4. The van der Waals surface area contributed by atoms with Crippen LogP contribution >= 0.6 is 0 Å². The van der Waals surface area contributed by atoms with Gasteiger partial charge in [0.1, 0.15) is 11.5 Å². The van der Waals surface area contributed by atoms with E-state index in [9.17, 15) is 35.8 Å². The quantitative estimate of drug-likeness (QED) is 0.228. The maximum atomic E-state index is 13.3. The molecule has 12 heteroatoms. The molecule has 49 heavy (non-hydrogen) atoms. The van der Waals surface area contributed by atoms with E-state index in [2.05, 4.69) is 17.9 Å². The molecule has 2 heterocycles. The number of likely N-dealkylation sites (tertiary alicyclic amines) is 2. The average Bonchev–Trinajstić information content (AvgIpc) is 3.38. The van der Waals surface area contributed by atoms with E-state index in [-0.39, 0.29) is 46.7 Å². The first-order chi connectivity index (χ1) is 23.3. The highest BCUT2D eigenvalue weighted by Gasteiger charge is 2.57. The lowest BCUT2D eigenvalue weighted by molar-refractivity contribution is -0.284. The van der Waals surface area contributed by atoms with Crippen molar-refractivity contribution >= 4 is 22.7 Å². The molecule has 274 valence electrons. The van der Waals surface area contributed by atoms with E-state index < -0.39 is 35.7 Å². The van der Waals surface area contributed by atoms with E-state index in [4.69, 9.17) is 4.74 Å². The molecule has 2 aliphatic heterocycles. The van der Waals surface area contributed by atoms with Gasteiger partial charge < -0.3 is 14.5 Å². The van der Waals surface area contributed by atoms with Crippen LogP contribution in [0.4, 0.5) is 26.7 Å². The summed E-state index contributed by atoms with van der Waals surface area (Å²) < 4.78 is 82.8. The van der Waals surface area contributed by atoms with E-state index in [1.807, 2.05) is 17.0 Å². The average molecular weight is 715 g/mol. The Bertz CT molecular complexity index is 1380. The second-order valence-electron chi connectivity index (χ2n) is 15.5. The van der Waals surface area contributed by atoms with E-state index in [0.29, 0.717) is 43.5 Å². The number of hydrogen-bond acceptors (Lipinski definition) is 5. The normalized spacial score (nSPS) is 30.4. The number of benzene rings is 1. The summed E-state index contributed by atoms with van der Waals surface area (Å²) in [5.74, 6) is -2.90. The van der Waals surface area contributed by atoms with Gasteiger partial charge in [0.2, 0.25) is 0 Å². The number of nitrogens with zero attached hydrogens (tertiary/aromatic N) is 2. The van der Waals surface area contributed by atoms with Crippen LogP contribution in [0.2, 0.25) is 0 Å². The summed E-state index contributed by atoms with van der Waals surface area (Å²) >= 11 is 0. The Morgan fingerprint density at radius 3 is 2.41 bits per heavy atom. The van der Waals surface area contributed by atoms with Crippen LogP contribution in [0.25, 0.3) is 0 Å². The van der Waals surface area contributed by atoms with E-state index >= 15 is 0 Å². The molecule has 3 aliphatic carbocycles. The number of carbonyl (C=O) groups is 2. The van der Waals surface area contributed by atoms with Crippen molar-refractivity contribution in [3.05, 3.63) is 29.3 Å². The summed E-state index contributed by atoms with van der Waals surface area (Å²) in [5, 5.41) is 0. The topological polar surface area (TPSA) is 66.9 Å². The predicted octanol–water partition coefficient (Wildman–Crippen LogP) is 8.29. The Morgan fingerprint density at radius 2 is 1.69 bits per heavy atom. The van der Waals surface area contributed by atoms with Gasteiger partial charge in [-0.3, -0.25) is 9.00 Å². The Morgan fingerprint density at radius 1 is 0.980 bits per heavy atom. The van der Waals surface area contributed by atoms with Crippen LogP contribution in [-0.4, -0.2) is 81.7 Å². The van der Waals surface area contributed by atoms with E-state index in [1.165, 1.54) is 24.8 Å². The number of piperidine rings is 2. The molecule has 0 bridgehead atoms. The fraction of sp³-hybridized carbons (Fsp3) is 0.784. The molecular weight excluding hydrogens is 663 g/mol. The third-order valence-electron chi connectivity index (χ3n) is 12.6. The first-order valence-corrected chi connectivity index (χ1v) is 19.9. The number of carbonyl (C=O) groups excluding carboxylic acids is 2. The maximum Gasteiger partial charge on any atom is 0.453 e. The molecule has 2 saturated heterocycles. The van der Waals surface area contributed by atoms with Crippen LogP contribution in [0.1, 0.15) is 107 Å². The molecule has 0 spiro atoms. The first kappa shape index (κ1) is 36.7. The number of amides is 1. The van der Waals surface area contributed by atoms with Crippen molar-refractivity contribution in [3.8, 4) is 5.75 Å². The summed E-state index contributed by atoms with van der Waals surface area (Å²) in [5.41, 5.74) is 2.03. The molecule has 0 aromatic heterocycles. The number of halogens is 5. The van der Waals surface area contributed by atoms with Crippen LogP contribution in [0.15, 0.2) is 18.2 Å². The largest absolute Gasteiger partial charge is 0.453 e. The Kier molecular flexibility index (Phi) is 11.1. The fourth-order valence-electron chi connectivity index (χ4n) is 9.95. The summed E-state index contributed by atoms with van der Waals surface area (Å²) in [7, 11) is -1.50. The van der Waals surface area contributed by atoms with Crippen molar-refractivity contribution in [3.63, 3.8) is 0 Å². The monoisotopic (exact) mass is 714 g/mol. The summed E-state index contributed by atoms with van der Waals surface area (Å²) in [6.07, 6.45) is 3.15. The van der Waals surface area contributed by atoms with Crippen LogP contribution in [-0.2, 0) is 22.0 Å². The Hall–Kier alpha value is -2.08. The zero-order valence-corrected chi connectivity index (χ0v) is 29.4. The molecule has 6 atom stereocenters. The van der Waals surface area contributed by atoms with Gasteiger partial charge in [0.05, 0.1) is 0 Å². The molecule has 6 nitrogen and oxygen atoms in total. The summed E-state index contributed by atoms with van der Waals surface area (Å²) in [4.78, 5) is 30.7. The zero-order valence-electron chi connectivity index (χ0n) is 28.6. The van der Waals surface area contributed by atoms with Crippen molar-refractivity contribution in [2.24, 2.45) is 23.2 Å². The van der Waals surface area contributed by atoms with E-state index in [1.54, 1.807) is 0 Å². The van der Waals surface area contributed by atoms with Gasteiger partial charge in [-0.1, -0.05) is 19.4 Å². The number of ether oxygens (including phenoxy) is 1. The molecule has 1 aromatic rings. The second-order valence-corrected chi connectivity index (χ2v) is 17.2. The third-order valence-corrected chi connectivity index (χ3v) is 14.1. The van der Waals surface area contributed by atoms with Crippen molar-refractivity contribution in [2.75, 3.05) is 37.7 Å². The fourth-order valence-corrected chi connectivity index (χ4v) is 11.1. The minimum atomic E-state index is -5.60. The van der Waals surface area contributed by atoms with Crippen LogP contribution in [0.5, 0.6) is 5.75 Å². The third kappa shape index (κ3) is 7.90. The molecule has 4 fully saturated rings. The molecule has 0 N–H and O–H groups in total. The van der Waals surface area contributed by atoms with Gasteiger partial charge in [-0.15, -0.1) is 0 Å². The molecule has 1 unspecified atom stereocenters. The second kappa shape index (κ2) is 14.9. The lowest BCUT2D eigenvalue weighted by atomic mass is 9.52. The number of fused-ring (bicyclic) bond motifs is 5.